The van der Waals surface area contributed by atoms with Crippen LogP contribution in [0.2, 0.25) is 0 Å². The zero-order valence-electron chi connectivity index (χ0n) is 21.1. The van der Waals surface area contributed by atoms with E-state index in [1.54, 1.807) is 5.32 Å². The molecule has 3 amide bonds. The molecule has 3 aromatic rings. The maximum absolute atomic E-state index is 14.7. The second kappa shape index (κ2) is 11.8. The Morgan fingerprint density at radius 3 is 2.37 bits per heavy atom. The molecule has 1 aliphatic carbocycles. The number of rotatable bonds is 6. The zero-order valence-corrected chi connectivity index (χ0v) is 21.9. The number of hydrogen-bond acceptors (Lipinski definition) is 6. The third-order valence-corrected chi connectivity index (χ3v) is 7.47. The molecule has 10 nitrogen and oxygen atoms in total. The highest BCUT2D eigenvalue weighted by atomic mass is 32.1. The summed E-state index contributed by atoms with van der Waals surface area (Å²) < 4.78 is 82.7. The summed E-state index contributed by atoms with van der Waals surface area (Å²) in [5, 5.41) is 18.9. The Labute approximate surface area is 231 Å². The van der Waals surface area contributed by atoms with Crippen molar-refractivity contribution in [3.8, 4) is 10.6 Å². The first-order valence-electron chi connectivity index (χ1n) is 12.1. The number of carbonyl (C=O) groups excluding carboxylic acids is 2. The molecule has 0 aliphatic heterocycles. The van der Waals surface area contributed by atoms with Gasteiger partial charge in [0.25, 0.3) is 5.91 Å². The van der Waals surface area contributed by atoms with E-state index in [1.165, 1.54) is 17.9 Å². The van der Waals surface area contributed by atoms with Crippen LogP contribution in [0.15, 0.2) is 24.4 Å². The van der Waals surface area contributed by atoms with Crippen LogP contribution in [0.3, 0.4) is 0 Å². The summed E-state index contributed by atoms with van der Waals surface area (Å²) in [6, 6.07) is 1.71. The quantitative estimate of drug-likeness (QED) is 0.225. The summed E-state index contributed by atoms with van der Waals surface area (Å²) in [6.07, 6.45) is -7.20. The highest BCUT2D eigenvalue weighted by Gasteiger charge is 2.42. The average Bonchev–Trinajstić information content (AvgIpc) is 3.39. The van der Waals surface area contributed by atoms with Gasteiger partial charge in [0.1, 0.15) is 27.8 Å². The van der Waals surface area contributed by atoms with Crippen LogP contribution in [0.25, 0.3) is 10.6 Å². The average molecular weight is 605 g/mol. The SMILES string of the molecule is Cn1ncc(NC(=O)c2nc(-c3c(F)cccc3F)sc2NC(=O)O)c1C1CCC(F)C(NC(=O)C(F)(F)F)CC1. The number of alkyl halides is 4. The van der Waals surface area contributed by atoms with Crippen molar-refractivity contribution in [2.75, 3.05) is 10.6 Å². The van der Waals surface area contributed by atoms with Crippen LogP contribution in [-0.2, 0) is 11.8 Å². The van der Waals surface area contributed by atoms with Crippen LogP contribution in [-0.4, -0.2) is 56.2 Å². The van der Waals surface area contributed by atoms with E-state index in [9.17, 15) is 45.8 Å². The van der Waals surface area contributed by atoms with Crippen LogP contribution in [0.4, 0.5) is 41.8 Å². The van der Waals surface area contributed by atoms with E-state index in [-0.39, 0.29) is 41.4 Å². The summed E-state index contributed by atoms with van der Waals surface area (Å²) >= 11 is 0.534. The van der Waals surface area contributed by atoms with Gasteiger partial charge >= 0.3 is 18.2 Å². The smallest absolute Gasteiger partial charge is 0.465 e. The molecule has 17 heteroatoms. The molecular weight excluding hydrogens is 582 g/mol. The topological polar surface area (TPSA) is 138 Å². The molecule has 2 heterocycles. The van der Waals surface area contributed by atoms with Crippen molar-refractivity contribution in [2.24, 2.45) is 7.05 Å². The Hall–Kier alpha value is -4.15. The van der Waals surface area contributed by atoms with E-state index in [0.29, 0.717) is 17.0 Å². The van der Waals surface area contributed by atoms with Crippen molar-refractivity contribution >= 4 is 39.9 Å². The Morgan fingerprint density at radius 1 is 1.07 bits per heavy atom. The van der Waals surface area contributed by atoms with Gasteiger partial charge in [0, 0.05) is 13.0 Å². The molecule has 1 aromatic carbocycles. The number of nitrogens with one attached hydrogen (secondary N) is 3. The van der Waals surface area contributed by atoms with Crippen LogP contribution in [0.5, 0.6) is 0 Å². The molecule has 3 unspecified atom stereocenters. The molecule has 41 heavy (non-hydrogen) atoms. The number of anilines is 2. The number of thiazole rings is 1. The number of amides is 3. The van der Waals surface area contributed by atoms with Gasteiger partial charge in [0.05, 0.1) is 29.2 Å². The van der Waals surface area contributed by atoms with E-state index in [0.717, 1.165) is 18.2 Å². The fraction of sp³-hybridized carbons (Fsp3) is 0.375. The number of nitrogens with zero attached hydrogens (tertiary/aromatic N) is 3. The van der Waals surface area contributed by atoms with Gasteiger partial charge in [-0.3, -0.25) is 19.6 Å². The van der Waals surface area contributed by atoms with Gasteiger partial charge < -0.3 is 15.7 Å². The predicted octanol–water partition coefficient (Wildman–Crippen LogP) is 5.21. The third kappa shape index (κ3) is 6.61. The maximum Gasteiger partial charge on any atom is 0.471 e. The first kappa shape index (κ1) is 29.8. The number of benzene rings is 1. The van der Waals surface area contributed by atoms with Crippen molar-refractivity contribution < 1.29 is 45.8 Å². The van der Waals surface area contributed by atoms with Gasteiger partial charge in [-0.1, -0.05) is 17.4 Å². The van der Waals surface area contributed by atoms with Gasteiger partial charge in [-0.05, 0) is 37.8 Å². The number of halogens is 6. The van der Waals surface area contributed by atoms with Crippen molar-refractivity contribution in [1.82, 2.24) is 20.1 Å². The summed E-state index contributed by atoms with van der Waals surface area (Å²) in [6.45, 7) is 0. The molecule has 1 aliphatic rings. The summed E-state index contributed by atoms with van der Waals surface area (Å²) in [4.78, 5) is 39.8. The summed E-state index contributed by atoms with van der Waals surface area (Å²) in [5.74, 6) is -5.63. The molecule has 220 valence electrons. The molecule has 2 aromatic heterocycles. The Balaban J connectivity index is 1.58. The van der Waals surface area contributed by atoms with Crippen molar-refractivity contribution in [3.63, 3.8) is 0 Å². The van der Waals surface area contributed by atoms with Crippen LogP contribution < -0.4 is 16.0 Å². The molecule has 0 saturated heterocycles. The third-order valence-electron chi connectivity index (χ3n) is 6.49. The predicted molar refractivity (Wildman–Crippen MR) is 134 cm³/mol. The van der Waals surface area contributed by atoms with E-state index >= 15 is 0 Å². The first-order chi connectivity index (χ1) is 19.3. The highest BCUT2D eigenvalue weighted by molar-refractivity contribution is 7.19. The lowest BCUT2D eigenvalue weighted by molar-refractivity contribution is -0.174. The zero-order chi connectivity index (χ0) is 30.1. The Morgan fingerprint density at radius 2 is 1.73 bits per heavy atom. The van der Waals surface area contributed by atoms with Gasteiger partial charge in [-0.2, -0.15) is 18.3 Å². The number of aromatic nitrogens is 3. The van der Waals surface area contributed by atoms with Gasteiger partial charge in [-0.25, -0.2) is 22.9 Å². The second-order valence-corrected chi connectivity index (χ2v) is 10.2. The summed E-state index contributed by atoms with van der Waals surface area (Å²) in [5.41, 5.74) is -0.511. The molecule has 1 saturated carbocycles. The van der Waals surface area contributed by atoms with Gasteiger partial charge in [0.2, 0.25) is 0 Å². The maximum atomic E-state index is 14.7. The molecule has 4 N–H and O–H groups in total. The van der Waals surface area contributed by atoms with Crippen molar-refractivity contribution in [2.45, 2.75) is 50.0 Å². The lowest BCUT2D eigenvalue weighted by atomic mass is 9.95. The van der Waals surface area contributed by atoms with Crippen LogP contribution >= 0.6 is 11.3 Å². The monoisotopic (exact) mass is 604 g/mol. The van der Waals surface area contributed by atoms with Gasteiger partial charge in [0.15, 0.2) is 5.69 Å². The van der Waals surface area contributed by atoms with E-state index in [4.69, 9.17) is 0 Å². The van der Waals surface area contributed by atoms with Crippen LogP contribution in [0, 0.1) is 11.6 Å². The molecule has 0 spiro atoms. The lowest BCUT2D eigenvalue weighted by Gasteiger charge is -2.20. The molecule has 0 bridgehead atoms. The molecule has 0 radical (unpaired) electrons. The van der Waals surface area contributed by atoms with Crippen molar-refractivity contribution in [3.05, 3.63) is 47.4 Å². The standard InChI is InChI=1S/C24H22F6N6O4S/c1-36-18(10-5-7-11(25)14(8-6-10)33-22(38)24(28,29)30)15(9-31-36)32-19(37)17-21(35-23(39)40)41-20(34-17)16-12(26)3-2-4-13(16)27/h2-4,9-11,14,35H,5-8H2,1H3,(H,32,37)(H,33,38)(H,39,40). The lowest BCUT2D eigenvalue weighted by Crippen LogP contribution is -2.46. The highest BCUT2D eigenvalue weighted by Crippen LogP contribution is 2.38. The second-order valence-electron chi connectivity index (χ2n) is 9.19. The minimum atomic E-state index is -5.16. The fourth-order valence-electron chi connectivity index (χ4n) is 4.63. The number of aryl methyl sites for hydroxylation is 1. The molecular formula is C24H22F6N6O4S. The van der Waals surface area contributed by atoms with E-state index < -0.39 is 65.1 Å². The summed E-state index contributed by atoms with van der Waals surface area (Å²) in [7, 11) is 1.53. The van der Waals surface area contributed by atoms with Crippen LogP contribution in [0.1, 0.15) is 47.8 Å². The largest absolute Gasteiger partial charge is 0.471 e. The van der Waals surface area contributed by atoms with Gasteiger partial charge in [-0.15, -0.1) is 0 Å². The number of carboxylic acid groups (broad SMARTS) is 1. The number of hydrogen-bond donors (Lipinski definition) is 4. The first-order valence-corrected chi connectivity index (χ1v) is 12.9. The minimum absolute atomic E-state index is 0.122. The minimum Gasteiger partial charge on any atom is -0.465 e. The van der Waals surface area contributed by atoms with Crippen molar-refractivity contribution in [1.29, 1.82) is 0 Å². The molecule has 3 atom stereocenters. The van der Waals surface area contributed by atoms with E-state index in [1.807, 2.05) is 5.32 Å². The Kier molecular flexibility index (Phi) is 8.55. The van der Waals surface area contributed by atoms with E-state index in [2.05, 4.69) is 15.4 Å². The number of carbonyl (C=O) groups is 3. The molecule has 1 fully saturated rings. The normalized spacial score (nSPS) is 19.3. The molecule has 4 rings (SSSR count). The Bertz CT molecular complexity index is 1450. The fourth-order valence-corrected chi connectivity index (χ4v) is 5.63.